The predicted octanol–water partition coefficient (Wildman–Crippen LogP) is 0.803. The topological polar surface area (TPSA) is 111 Å². The van der Waals surface area contributed by atoms with Crippen molar-refractivity contribution in [3.05, 3.63) is 35.6 Å². The molecule has 0 heterocycles. The van der Waals surface area contributed by atoms with Crippen molar-refractivity contribution in [3.63, 3.8) is 0 Å². The van der Waals surface area contributed by atoms with E-state index in [4.69, 9.17) is 4.74 Å². The zero-order valence-corrected chi connectivity index (χ0v) is 15.4. The minimum Gasteiger partial charge on any atom is -0.467 e. The van der Waals surface area contributed by atoms with Gasteiger partial charge in [-0.3, -0.25) is 14.4 Å². The van der Waals surface area contributed by atoms with Gasteiger partial charge in [0.05, 0.1) is 7.11 Å². The van der Waals surface area contributed by atoms with Gasteiger partial charge in [-0.2, -0.15) is 0 Å². The van der Waals surface area contributed by atoms with E-state index in [-0.39, 0.29) is 11.5 Å². The number of rotatable bonds is 9. The zero-order valence-electron chi connectivity index (χ0n) is 15.4. The first-order valence-corrected chi connectivity index (χ1v) is 8.35. The number of carbonyl (C=O) groups is 4. The molecule has 0 saturated heterocycles. The summed E-state index contributed by atoms with van der Waals surface area (Å²) in [5, 5.41) is 4.71. The maximum atomic E-state index is 13.1. The number of methoxy groups -OCH3 is 1. The van der Waals surface area contributed by atoms with Crippen LogP contribution in [-0.2, 0) is 23.9 Å². The van der Waals surface area contributed by atoms with E-state index in [1.807, 2.05) is 6.92 Å². The fraction of sp³-hybridized carbons (Fsp3) is 0.444. The lowest BCUT2D eigenvalue weighted by atomic mass is 9.99. The van der Waals surface area contributed by atoms with Crippen LogP contribution >= 0.6 is 0 Å². The molecule has 2 N–H and O–H groups in total. The fourth-order valence-electron chi connectivity index (χ4n) is 2.09. The maximum absolute atomic E-state index is 13.1. The molecule has 0 unspecified atom stereocenters. The molecule has 2 amide bonds. The normalized spacial score (nSPS) is 12.4. The second-order valence-electron chi connectivity index (χ2n) is 5.81. The van der Waals surface area contributed by atoms with Gasteiger partial charge >= 0.3 is 11.9 Å². The number of hydrogen-bond acceptors (Lipinski definition) is 6. The lowest BCUT2D eigenvalue weighted by Crippen LogP contribution is -2.47. The number of carbonyl (C=O) groups excluding carboxylic acids is 4. The van der Waals surface area contributed by atoms with Gasteiger partial charge in [0.25, 0.3) is 11.8 Å². The summed E-state index contributed by atoms with van der Waals surface area (Å²) in [5.74, 6) is -3.51. The van der Waals surface area contributed by atoms with Crippen molar-refractivity contribution in [3.8, 4) is 0 Å². The van der Waals surface area contributed by atoms with Crippen LogP contribution in [0.15, 0.2) is 24.3 Å². The summed E-state index contributed by atoms with van der Waals surface area (Å²) in [6, 6.07) is 4.11. The summed E-state index contributed by atoms with van der Waals surface area (Å²) in [7, 11) is 1.21. The van der Waals surface area contributed by atoms with Crippen LogP contribution in [0.4, 0.5) is 4.39 Å². The Morgan fingerprint density at radius 3 is 2.52 bits per heavy atom. The predicted molar refractivity (Wildman–Crippen MR) is 93.1 cm³/mol. The van der Waals surface area contributed by atoms with Gasteiger partial charge in [-0.15, -0.1) is 0 Å². The average Bonchev–Trinajstić information content (AvgIpc) is 2.67. The molecule has 0 fully saturated rings. The van der Waals surface area contributed by atoms with Gasteiger partial charge < -0.3 is 20.1 Å². The third-order valence-electron chi connectivity index (χ3n) is 3.83. The van der Waals surface area contributed by atoms with E-state index in [0.29, 0.717) is 6.42 Å². The van der Waals surface area contributed by atoms with Crippen LogP contribution in [-0.4, -0.2) is 50.1 Å². The summed E-state index contributed by atoms with van der Waals surface area (Å²) in [6.45, 7) is 2.52. The first-order chi connectivity index (χ1) is 12.8. The molecule has 2 atom stereocenters. The van der Waals surface area contributed by atoms with Crippen LogP contribution in [0, 0.1) is 11.7 Å². The van der Waals surface area contributed by atoms with Crippen LogP contribution in [0.2, 0.25) is 0 Å². The number of halogens is 1. The van der Waals surface area contributed by atoms with Gasteiger partial charge in [0.1, 0.15) is 18.4 Å². The van der Waals surface area contributed by atoms with E-state index >= 15 is 0 Å². The van der Waals surface area contributed by atoms with Crippen molar-refractivity contribution in [1.82, 2.24) is 10.6 Å². The summed E-state index contributed by atoms with van der Waals surface area (Å²) in [4.78, 5) is 47.0. The molecule has 1 aromatic rings. The van der Waals surface area contributed by atoms with E-state index in [1.165, 1.54) is 25.3 Å². The highest BCUT2D eigenvalue weighted by Crippen LogP contribution is 2.09. The highest BCUT2D eigenvalue weighted by Gasteiger charge is 2.26. The molecule has 0 radical (unpaired) electrons. The number of benzene rings is 1. The zero-order chi connectivity index (χ0) is 20.4. The molecule has 27 heavy (non-hydrogen) atoms. The molecule has 0 aliphatic rings. The lowest BCUT2D eigenvalue weighted by molar-refractivity contribution is -0.150. The van der Waals surface area contributed by atoms with E-state index < -0.39 is 48.8 Å². The minimum atomic E-state index is -0.854. The van der Waals surface area contributed by atoms with Gasteiger partial charge in [-0.25, -0.2) is 9.18 Å². The van der Waals surface area contributed by atoms with Gasteiger partial charge in [0.15, 0.2) is 6.61 Å². The van der Waals surface area contributed by atoms with E-state index in [9.17, 15) is 23.6 Å². The average molecular weight is 382 g/mol. The molecule has 148 valence electrons. The van der Waals surface area contributed by atoms with E-state index in [2.05, 4.69) is 15.4 Å². The van der Waals surface area contributed by atoms with Crippen molar-refractivity contribution < 1.29 is 33.0 Å². The van der Waals surface area contributed by atoms with Gasteiger partial charge in [0, 0.05) is 5.56 Å². The summed E-state index contributed by atoms with van der Waals surface area (Å²) in [5.41, 5.74) is 0.0509. The highest BCUT2D eigenvalue weighted by atomic mass is 19.1. The smallest absolute Gasteiger partial charge is 0.328 e. The highest BCUT2D eigenvalue weighted by molar-refractivity contribution is 5.96. The minimum absolute atomic E-state index is 0.0509. The summed E-state index contributed by atoms with van der Waals surface area (Å²) >= 11 is 0. The second kappa shape index (κ2) is 10.9. The Bertz CT molecular complexity index is 694. The molecule has 0 saturated carbocycles. The first-order valence-electron chi connectivity index (χ1n) is 8.35. The second-order valence-corrected chi connectivity index (χ2v) is 5.81. The van der Waals surface area contributed by atoms with Crippen molar-refractivity contribution in [2.75, 3.05) is 20.3 Å². The number of hydrogen-bond donors (Lipinski definition) is 2. The SMILES string of the molecule is CC[C@H](C)[C@H](NC(=O)COC(=O)CNC(=O)c1cccc(F)c1)C(=O)OC. The number of nitrogens with one attached hydrogen (secondary N) is 2. The Balaban J connectivity index is 2.43. The van der Waals surface area contributed by atoms with Gasteiger partial charge in [0.2, 0.25) is 0 Å². The standard InChI is InChI=1S/C18H23FN2O6/c1-4-11(2)16(18(25)26-3)21-14(22)10-27-15(23)9-20-17(24)12-6-5-7-13(19)8-12/h5-8,11,16H,4,9-10H2,1-3H3,(H,20,24)(H,21,22)/t11-,16-/m0/s1. The van der Waals surface area contributed by atoms with Gasteiger partial charge in [-0.1, -0.05) is 26.3 Å². The molecular formula is C18H23FN2O6. The first kappa shape index (κ1) is 22.1. The van der Waals surface area contributed by atoms with E-state index in [0.717, 1.165) is 6.07 Å². The molecule has 0 aliphatic heterocycles. The molecular weight excluding hydrogens is 359 g/mol. The largest absolute Gasteiger partial charge is 0.467 e. The van der Waals surface area contributed by atoms with Crippen LogP contribution in [0.25, 0.3) is 0 Å². The fourth-order valence-corrected chi connectivity index (χ4v) is 2.09. The maximum Gasteiger partial charge on any atom is 0.328 e. The van der Waals surface area contributed by atoms with Crippen LogP contribution < -0.4 is 10.6 Å². The monoisotopic (exact) mass is 382 g/mol. The molecule has 0 bridgehead atoms. The van der Waals surface area contributed by atoms with Crippen LogP contribution in [0.5, 0.6) is 0 Å². The van der Waals surface area contributed by atoms with Crippen molar-refractivity contribution >= 4 is 23.8 Å². The van der Waals surface area contributed by atoms with Crippen molar-refractivity contribution in [1.29, 1.82) is 0 Å². The Labute approximate surface area is 156 Å². The van der Waals surface area contributed by atoms with Crippen molar-refractivity contribution in [2.24, 2.45) is 5.92 Å². The molecule has 1 aromatic carbocycles. The number of ether oxygens (including phenoxy) is 2. The molecule has 0 spiro atoms. The molecule has 1 rings (SSSR count). The number of amides is 2. The van der Waals surface area contributed by atoms with Crippen molar-refractivity contribution in [2.45, 2.75) is 26.3 Å². The Kier molecular flexibility index (Phi) is 8.91. The Hall–Kier alpha value is -2.97. The van der Waals surface area contributed by atoms with Gasteiger partial charge in [-0.05, 0) is 24.1 Å². The molecule has 8 nitrogen and oxygen atoms in total. The third kappa shape index (κ3) is 7.43. The Morgan fingerprint density at radius 1 is 1.22 bits per heavy atom. The van der Waals surface area contributed by atoms with Crippen LogP contribution in [0.1, 0.15) is 30.6 Å². The summed E-state index contributed by atoms with van der Waals surface area (Å²) in [6.07, 6.45) is 0.631. The van der Waals surface area contributed by atoms with Crippen LogP contribution in [0.3, 0.4) is 0 Å². The third-order valence-corrected chi connectivity index (χ3v) is 3.83. The quantitative estimate of drug-likeness (QED) is 0.612. The van der Waals surface area contributed by atoms with E-state index in [1.54, 1.807) is 6.92 Å². The Morgan fingerprint density at radius 2 is 1.93 bits per heavy atom. The lowest BCUT2D eigenvalue weighted by Gasteiger charge is -2.21. The summed E-state index contributed by atoms with van der Waals surface area (Å²) < 4.78 is 22.4. The number of esters is 2. The molecule has 9 heteroatoms. The molecule has 0 aromatic heterocycles. The molecule has 0 aliphatic carbocycles.